The van der Waals surface area contributed by atoms with Gasteiger partial charge in [0.1, 0.15) is 0 Å². The summed E-state index contributed by atoms with van der Waals surface area (Å²) >= 11 is 0. The second-order valence-electron chi connectivity index (χ2n) is 8.90. The minimum absolute atomic E-state index is 0.279. The van der Waals surface area contributed by atoms with E-state index in [1.807, 2.05) is 0 Å². The van der Waals surface area contributed by atoms with Crippen LogP contribution in [0.5, 0.6) is 0 Å². The molecule has 3 nitrogen and oxygen atoms in total. The van der Waals surface area contributed by atoms with Crippen LogP contribution in [-0.4, -0.2) is 62.7 Å². The Kier molecular flexibility index (Phi) is 10.7. The molecule has 0 heterocycles. The molecule has 0 atom stereocenters. The molecule has 246 valence electrons. The van der Waals surface area contributed by atoms with Crippen LogP contribution in [0.4, 0.5) is 74.6 Å². The van der Waals surface area contributed by atoms with E-state index in [-0.39, 0.29) is 17.7 Å². The Morgan fingerprint density at radius 3 is 1.36 bits per heavy atom. The lowest BCUT2D eigenvalue weighted by Crippen LogP contribution is -2.74. The van der Waals surface area contributed by atoms with Gasteiger partial charge in [0.15, 0.2) is 0 Å². The van der Waals surface area contributed by atoms with Crippen molar-refractivity contribution in [3.63, 3.8) is 0 Å². The smallest absolute Gasteiger partial charge is 0.266 e. The van der Waals surface area contributed by atoms with Gasteiger partial charge in [0.2, 0.25) is 0 Å². The molecule has 0 unspecified atom stereocenters. The number of rotatable bonds is 15. The topological polar surface area (TPSA) is 43.4 Å². The number of aryl methyl sites for hydroxylation is 1. The summed E-state index contributed by atoms with van der Waals surface area (Å²) in [7, 11) is -4.28. The zero-order chi connectivity index (χ0) is 33.4. The van der Waals surface area contributed by atoms with Gasteiger partial charge in [-0.15, -0.1) is 0 Å². The second kappa shape index (κ2) is 11.8. The summed E-state index contributed by atoms with van der Waals surface area (Å²) in [5.41, 5.74) is 0.687. The fraction of sp³-hybridized carbons (Fsp3) is 0.714. The first-order valence-corrected chi connectivity index (χ1v) is 12.5. The third-order valence-corrected chi connectivity index (χ3v) is 7.05. The van der Waals surface area contributed by atoms with Crippen LogP contribution in [-0.2, 0) is 14.3 Å². The molecule has 0 amide bonds. The van der Waals surface area contributed by atoms with Gasteiger partial charge in [-0.2, -0.15) is 83.1 Å². The Morgan fingerprint density at radius 2 is 0.929 bits per heavy atom. The molecule has 1 rings (SSSR count). The van der Waals surface area contributed by atoms with Gasteiger partial charge in [-0.3, -0.25) is 4.18 Å². The normalized spacial score (nSPS) is 15.3. The predicted octanol–water partition coefficient (Wildman–Crippen LogP) is 8.66. The van der Waals surface area contributed by atoms with E-state index < -0.39 is 83.6 Å². The SMILES string of the molecule is Cc1ccc(S(=O)(=O)OCCCCCCC(F)(F)C(F)(F)C(F)(F)C(F)(F)C(F)(F)C(F)(F)C(F)(F)C(F)(F)F)cc1. The van der Waals surface area contributed by atoms with Crippen molar-refractivity contribution in [1.29, 1.82) is 0 Å². The van der Waals surface area contributed by atoms with Gasteiger partial charge < -0.3 is 0 Å². The lowest BCUT2D eigenvalue weighted by atomic mass is 9.88. The summed E-state index contributed by atoms with van der Waals surface area (Å²) in [4.78, 5) is -0.279. The van der Waals surface area contributed by atoms with Crippen LogP contribution in [0.3, 0.4) is 0 Å². The molecular formula is C21H19F17O3S. The maximum Gasteiger partial charge on any atom is 0.460 e. The first kappa shape index (κ1) is 38.0. The predicted molar refractivity (Wildman–Crippen MR) is 108 cm³/mol. The van der Waals surface area contributed by atoms with Gasteiger partial charge in [0.25, 0.3) is 10.1 Å². The molecule has 1 aromatic carbocycles. The summed E-state index contributed by atoms with van der Waals surface area (Å²) in [6, 6.07) is 5.17. The summed E-state index contributed by atoms with van der Waals surface area (Å²) in [6.45, 7) is 1.02. The Morgan fingerprint density at radius 1 is 0.548 bits per heavy atom. The Bertz CT molecular complexity index is 1160. The van der Waals surface area contributed by atoms with E-state index in [4.69, 9.17) is 0 Å². The Labute approximate surface area is 226 Å². The number of hydrogen-bond acceptors (Lipinski definition) is 3. The van der Waals surface area contributed by atoms with Crippen molar-refractivity contribution in [2.45, 2.75) is 91.6 Å². The zero-order valence-electron chi connectivity index (χ0n) is 20.6. The highest BCUT2D eigenvalue weighted by Gasteiger charge is 2.95. The molecule has 0 aliphatic heterocycles. The molecular weight excluding hydrogens is 655 g/mol. The largest absolute Gasteiger partial charge is 0.460 e. The lowest BCUT2D eigenvalue weighted by molar-refractivity contribution is -0.461. The number of hydrogen-bond donors (Lipinski definition) is 0. The molecule has 0 saturated carbocycles. The van der Waals surface area contributed by atoms with E-state index in [2.05, 4.69) is 4.18 Å². The Balaban J connectivity index is 2.94. The van der Waals surface area contributed by atoms with Crippen molar-refractivity contribution in [2.75, 3.05) is 6.61 Å². The first-order chi connectivity index (χ1) is 18.5. The molecule has 0 spiro atoms. The Hall–Kier alpha value is -2.06. The third kappa shape index (κ3) is 6.54. The van der Waals surface area contributed by atoms with Crippen LogP contribution in [0.25, 0.3) is 0 Å². The lowest BCUT2D eigenvalue weighted by Gasteiger charge is -2.42. The highest BCUT2D eigenvalue weighted by Crippen LogP contribution is 2.64. The summed E-state index contributed by atoms with van der Waals surface area (Å²) in [5.74, 6) is -56.4. The molecule has 0 N–H and O–H groups in total. The van der Waals surface area contributed by atoms with Crippen molar-refractivity contribution >= 4 is 10.1 Å². The van der Waals surface area contributed by atoms with Gasteiger partial charge in [-0.1, -0.05) is 30.5 Å². The molecule has 1 aromatic rings. The van der Waals surface area contributed by atoms with Crippen LogP contribution < -0.4 is 0 Å². The van der Waals surface area contributed by atoms with Crippen LogP contribution in [0.2, 0.25) is 0 Å². The number of benzene rings is 1. The molecule has 0 radical (unpaired) electrons. The summed E-state index contributed by atoms with van der Waals surface area (Å²) in [6.07, 6.45) is -12.9. The third-order valence-electron chi connectivity index (χ3n) is 5.72. The van der Waals surface area contributed by atoms with Gasteiger partial charge in [-0.05, 0) is 31.9 Å². The highest BCUT2D eigenvalue weighted by atomic mass is 32.2. The standard InChI is InChI=1S/C21H19F17O3S/c1-12-6-8-13(9-7-12)42(39,40)41-11-5-3-2-4-10-14(22,23)15(24,25)16(26,27)17(28,29)18(30,31)19(32,33)20(34,35)21(36,37)38/h6-9H,2-5,10-11H2,1H3. The van der Waals surface area contributed by atoms with Crippen LogP contribution >= 0.6 is 0 Å². The molecule has 21 heteroatoms. The zero-order valence-corrected chi connectivity index (χ0v) is 21.4. The van der Waals surface area contributed by atoms with Crippen molar-refractivity contribution in [3.8, 4) is 0 Å². The van der Waals surface area contributed by atoms with E-state index in [9.17, 15) is 83.1 Å². The molecule has 0 saturated heterocycles. The number of alkyl halides is 17. The highest BCUT2D eigenvalue weighted by molar-refractivity contribution is 7.86. The van der Waals surface area contributed by atoms with Gasteiger partial charge in [-0.25, -0.2) is 0 Å². The maximum atomic E-state index is 13.9. The van der Waals surface area contributed by atoms with Crippen LogP contribution in [0.15, 0.2) is 29.2 Å². The fourth-order valence-electron chi connectivity index (χ4n) is 3.10. The van der Waals surface area contributed by atoms with E-state index in [1.165, 1.54) is 24.3 Å². The van der Waals surface area contributed by atoms with E-state index >= 15 is 0 Å². The average molecular weight is 674 g/mol. The van der Waals surface area contributed by atoms with Crippen molar-refractivity contribution in [2.24, 2.45) is 0 Å². The fourth-order valence-corrected chi connectivity index (χ4v) is 4.04. The average Bonchev–Trinajstić information content (AvgIpc) is 2.82. The van der Waals surface area contributed by atoms with Crippen molar-refractivity contribution in [3.05, 3.63) is 29.8 Å². The van der Waals surface area contributed by atoms with Gasteiger partial charge in [0, 0.05) is 6.42 Å². The van der Waals surface area contributed by atoms with Crippen LogP contribution in [0, 0.1) is 6.92 Å². The van der Waals surface area contributed by atoms with Crippen molar-refractivity contribution in [1.82, 2.24) is 0 Å². The van der Waals surface area contributed by atoms with E-state index in [1.54, 1.807) is 6.92 Å². The quantitative estimate of drug-likeness (QED) is 0.106. The number of halogens is 17. The summed E-state index contributed by atoms with van der Waals surface area (Å²) < 4.78 is 254. The molecule has 0 bridgehead atoms. The molecule has 0 aliphatic rings. The summed E-state index contributed by atoms with van der Waals surface area (Å²) in [5, 5.41) is 0. The minimum atomic E-state index is -8.65. The number of unbranched alkanes of at least 4 members (excludes halogenated alkanes) is 3. The molecule has 0 aromatic heterocycles. The van der Waals surface area contributed by atoms with Gasteiger partial charge in [0.05, 0.1) is 11.5 Å². The van der Waals surface area contributed by atoms with Crippen LogP contribution in [0.1, 0.15) is 37.7 Å². The second-order valence-corrected chi connectivity index (χ2v) is 10.5. The van der Waals surface area contributed by atoms with E-state index in [0.717, 1.165) is 0 Å². The first-order valence-electron chi connectivity index (χ1n) is 11.1. The minimum Gasteiger partial charge on any atom is -0.266 e. The van der Waals surface area contributed by atoms with Gasteiger partial charge >= 0.3 is 47.6 Å². The van der Waals surface area contributed by atoms with E-state index in [0.29, 0.717) is 5.56 Å². The maximum absolute atomic E-state index is 13.9. The molecule has 42 heavy (non-hydrogen) atoms. The molecule has 0 fully saturated rings. The molecule has 0 aliphatic carbocycles. The van der Waals surface area contributed by atoms with Crippen molar-refractivity contribution < 1.29 is 87.2 Å². The monoisotopic (exact) mass is 674 g/mol.